The zero-order valence-electron chi connectivity index (χ0n) is 10.4. The average Bonchev–Trinajstić information content (AvgIpc) is 2.26. The molecule has 0 amide bonds. The van der Waals surface area contributed by atoms with Gasteiger partial charge in [0.05, 0.1) is 11.5 Å². The lowest BCUT2D eigenvalue weighted by molar-refractivity contribution is 0.293. The number of hydrogen-bond donors (Lipinski definition) is 1. The standard InChI is InChI=1S/C11H24N2O2S/c1-3-13(4-2)8-7-12-11-5-9-16(14,15)10-6-11/h11-12H,3-10H2,1-2H3. The number of rotatable bonds is 6. The third-order valence-electron chi connectivity index (χ3n) is 3.31. The first-order chi connectivity index (χ1) is 7.57. The molecule has 1 N–H and O–H groups in total. The molecule has 1 heterocycles. The second kappa shape index (κ2) is 6.57. The molecule has 0 saturated carbocycles. The van der Waals surface area contributed by atoms with E-state index in [1.54, 1.807) is 0 Å². The Balaban J connectivity index is 2.15. The Labute approximate surface area is 99.3 Å². The van der Waals surface area contributed by atoms with Gasteiger partial charge < -0.3 is 10.2 Å². The van der Waals surface area contributed by atoms with E-state index in [0.717, 1.165) is 39.0 Å². The van der Waals surface area contributed by atoms with E-state index in [0.29, 0.717) is 17.5 Å². The van der Waals surface area contributed by atoms with E-state index < -0.39 is 9.84 Å². The van der Waals surface area contributed by atoms with Gasteiger partial charge in [-0.1, -0.05) is 13.8 Å². The molecule has 0 atom stereocenters. The van der Waals surface area contributed by atoms with Crippen molar-refractivity contribution in [3.05, 3.63) is 0 Å². The Morgan fingerprint density at radius 3 is 2.25 bits per heavy atom. The minimum absolute atomic E-state index is 0.357. The van der Waals surface area contributed by atoms with Crippen molar-refractivity contribution in [3.8, 4) is 0 Å². The highest BCUT2D eigenvalue weighted by molar-refractivity contribution is 7.91. The molecule has 1 saturated heterocycles. The lowest BCUT2D eigenvalue weighted by Gasteiger charge is -2.25. The van der Waals surface area contributed by atoms with E-state index in [-0.39, 0.29) is 0 Å². The highest BCUT2D eigenvalue weighted by Crippen LogP contribution is 2.11. The van der Waals surface area contributed by atoms with Crippen molar-refractivity contribution < 1.29 is 8.42 Å². The van der Waals surface area contributed by atoms with E-state index in [9.17, 15) is 8.42 Å². The van der Waals surface area contributed by atoms with Crippen molar-refractivity contribution in [3.63, 3.8) is 0 Å². The van der Waals surface area contributed by atoms with Crippen LogP contribution in [0.15, 0.2) is 0 Å². The number of hydrogen-bond acceptors (Lipinski definition) is 4. The quantitative estimate of drug-likeness (QED) is 0.743. The summed E-state index contributed by atoms with van der Waals surface area (Å²) in [7, 11) is -2.72. The molecule has 1 aliphatic rings. The summed E-state index contributed by atoms with van der Waals surface area (Å²) in [6.45, 7) is 8.50. The van der Waals surface area contributed by atoms with Crippen molar-refractivity contribution in [2.45, 2.75) is 32.7 Å². The zero-order chi connectivity index (χ0) is 12.0. The van der Waals surface area contributed by atoms with Crippen LogP contribution in [0.3, 0.4) is 0 Å². The zero-order valence-corrected chi connectivity index (χ0v) is 11.2. The van der Waals surface area contributed by atoms with Crippen molar-refractivity contribution in [1.82, 2.24) is 10.2 Å². The van der Waals surface area contributed by atoms with Crippen LogP contribution in [0, 0.1) is 0 Å². The Hall–Kier alpha value is -0.130. The topological polar surface area (TPSA) is 49.4 Å². The van der Waals surface area contributed by atoms with Crippen LogP contribution in [0.25, 0.3) is 0 Å². The first-order valence-corrected chi connectivity index (χ1v) is 8.05. The summed E-state index contributed by atoms with van der Waals surface area (Å²) in [6.07, 6.45) is 1.56. The van der Waals surface area contributed by atoms with Crippen LogP contribution in [0.2, 0.25) is 0 Å². The minimum atomic E-state index is -2.72. The number of nitrogens with one attached hydrogen (secondary N) is 1. The molecule has 16 heavy (non-hydrogen) atoms. The summed E-state index contributed by atoms with van der Waals surface area (Å²) >= 11 is 0. The lowest BCUT2D eigenvalue weighted by Crippen LogP contribution is -2.41. The van der Waals surface area contributed by atoms with Gasteiger partial charge in [-0.2, -0.15) is 0 Å². The first-order valence-electron chi connectivity index (χ1n) is 6.23. The van der Waals surface area contributed by atoms with Gasteiger partial charge in [-0.25, -0.2) is 8.42 Å². The van der Waals surface area contributed by atoms with Crippen molar-refractivity contribution in [2.24, 2.45) is 0 Å². The van der Waals surface area contributed by atoms with Crippen LogP contribution in [0.4, 0.5) is 0 Å². The molecule has 1 fully saturated rings. The summed E-state index contributed by atoms with van der Waals surface area (Å²) in [5.74, 6) is 0.714. The molecule has 5 heteroatoms. The molecule has 1 aliphatic heterocycles. The molecule has 0 aromatic heterocycles. The number of nitrogens with zero attached hydrogens (tertiary/aromatic N) is 1. The first kappa shape index (κ1) is 13.9. The Bertz CT molecular complexity index is 272. The second-order valence-corrected chi connectivity index (χ2v) is 6.71. The minimum Gasteiger partial charge on any atom is -0.313 e. The van der Waals surface area contributed by atoms with Crippen LogP contribution in [0.1, 0.15) is 26.7 Å². The predicted molar refractivity (Wildman–Crippen MR) is 67.5 cm³/mol. The maximum absolute atomic E-state index is 11.2. The van der Waals surface area contributed by atoms with Gasteiger partial charge in [-0.3, -0.25) is 0 Å². The summed E-state index contributed by atoms with van der Waals surface area (Å²) in [6, 6.07) is 0.402. The fourth-order valence-electron chi connectivity index (χ4n) is 2.06. The van der Waals surface area contributed by atoms with Crippen LogP contribution in [-0.4, -0.2) is 57.0 Å². The molecule has 4 nitrogen and oxygen atoms in total. The third kappa shape index (κ3) is 4.80. The van der Waals surface area contributed by atoms with Gasteiger partial charge >= 0.3 is 0 Å². The van der Waals surface area contributed by atoms with E-state index in [1.165, 1.54) is 0 Å². The van der Waals surface area contributed by atoms with Crippen LogP contribution >= 0.6 is 0 Å². The molecule has 0 unspecified atom stereocenters. The number of sulfone groups is 1. The molecular weight excluding hydrogens is 224 g/mol. The highest BCUT2D eigenvalue weighted by atomic mass is 32.2. The van der Waals surface area contributed by atoms with Crippen molar-refractivity contribution in [1.29, 1.82) is 0 Å². The monoisotopic (exact) mass is 248 g/mol. The van der Waals surface area contributed by atoms with Crippen LogP contribution in [-0.2, 0) is 9.84 Å². The van der Waals surface area contributed by atoms with Gasteiger partial charge in [0.2, 0.25) is 0 Å². The fraction of sp³-hybridized carbons (Fsp3) is 1.00. The van der Waals surface area contributed by atoms with E-state index in [4.69, 9.17) is 0 Å². The summed E-state index contributed by atoms with van der Waals surface area (Å²) in [5.41, 5.74) is 0. The van der Waals surface area contributed by atoms with Gasteiger partial charge in [-0.05, 0) is 25.9 Å². The largest absolute Gasteiger partial charge is 0.313 e. The van der Waals surface area contributed by atoms with E-state index in [1.807, 2.05) is 0 Å². The maximum atomic E-state index is 11.2. The molecule has 0 spiro atoms. The van der Waals surface area contributed by atoms with Gasteiger partial charge in [0.15, 0.2) is 0 Å². The molecule has 96 valence electrons. The second-order valence-electron chi connectivity index (χ2n) is 4.41. The Morgan fingerprint density at radius 2 is 1.75 bits per heavy atom. The molecule has 0 radical (unpaired) electrons. The lowest BCUT2D eigenvalue weighted by atomic mass is 10.1. The summed E-state index contributed by atoms with van der Waals surface area (Å²) in [4.78, 5) is 2.37. The third-order valence-corrected chi connectivity index (χ3v) is 5.03. The number of likely N-dealkylation sites (N-methyl/N-ethyl adjacent to an activating group) is 1. The van der Waals surface area contributed by atoms with Crippen molar-refractivity contribution in [2.75, 3.05) is 37.7 Å². The SMILES string of the molecule is CCN(CC)CCNC1CCS(=O)(=O)CC1. The fourth-order valence-corrected chi connectivity index (χ4v) is 3.55. The molecule has 0 aliphatic carbocycles. The van der Waals surface area contributed by atoms with Crippen molar-refractivity contribution >= 4 is 9.84 Å². The Morgan fingerprint density at radius 1 is 1.19 bits per heavy atom. The molecule has 0 aromatic rings. The Kier molecular flexibility index (Phi) is 5.72. The molecular formula is C11H24N2O2S. The molecule has 1 rings (SSSR count). The highest BCUT2D eigenvalue weighted by Gasteiger charge is 2.22. The maximum Gasteiger partial charge on any atom is 0.150 e. The summed E-state index contributed by atoms with van der Waals surface area (Å²) < 4.78 is 22.5. The summed E-state index contributed by atoms with van der Waals surface area (Å²) in [5, 5.41) is 3.45. The van der Waals surface area contributed by atoms with Gasteiger partial charge in [0, 0.05) is 19.1 Å². The van der Waals surface area contributed by atoms with E-state index >= 15 is 0 Å². The van der Waals surface area contributed by atoms with E-state index in [2.05, 4.69) is 24.1 Å². The average molecular weight is 248 g/mol. The molecule has 0 bridgehead atoms. The molecule has 0 aromatic carbocycles. The van der Waals surface area contributed by atoms with Gasteiger partial charge in [0.25, 0.3) is 0 Å². The normalized spacial score (nSPS) is 21.4. The van der Waals surface area contributed by atoms with Crippen LogP contribution < -0.4 is 5.32 Å². The van der Waals surface area contributed by atoms with Gasteiger partial charge in [0.1, 0.15) is 9.84 Å². The van der Waals surface area contributed by atoms with Gasteiger partial charge in [-0.15, -0.1) is 0 Å². The van der Waals surface area contributed by atoms with Crippen LogP contribution in [0.5, 0.6) is 0 Å². The smallest absolute Gasteiger partial charge is 0.150 e. The predicted octanol–water partition coefficient (Wildman–Crippen LogP) is 0.495.